The van der Waals surface area contributed by atoms with Crippen LogP contribution in [0.1, 0.15) is 33.3 Å². The monoisotopic (exact) mass is 332 g/mol. The summed E-state index contributed by atoms with van der Waals surface area (Å²) in [6, 6.07) is 0. The molecule has 5 nitrogen and oxygen atoms in total. The molecule has 0 aliphatic carbocycles. The fourth-order valence-electron chi connectivity index (χ4n) is 1.72. The number of rotatable bonds is 3. The summed E-state index contributed by atoms with van der Waals surface area (Å²) >= 11 is 12.2. The molecule has 1 aromatic rings. The Hall–Kier alpha value is -1.33. The predicted octanol–water partition coefficient (Wildman–Crippen LogP) is 3.67. The molecule has 0 aromatic carbocycles. The van der Waals surface area contributed by atoms with Gasteiger partial charge in [0.05, 0.1) is 10.0 Å². The summed E-state index contributed by atoms with van der Waals surface area (Å²) in [4.78, 5) is 28.9. The molecule has 0 N–H and O–H groups in total. The molecule has 0 saturated heterocycles. The third-order valence-corrected chi connectivity index (χ3v) is 3.53. The molecule has 0 radical (unpaired) electrons. The highest BCUT2D eigenvalue weighted by molar-refractivity contribution is 6.36. The van der Waals surface area contributed by atoms with Crippen molar-refractivity contribution in [1.82, 2.24) is 9.88 Å². The molecule has 1 heterocycles. The van der Waals surface area contributed by atoms with E-state index in [4.69, 9.17) is 27.9 Å². The van der Waals surface area contributed by atoms with Gasteiger partial charge in [-0.05, 0) is 27.7 Å². The normalized spacial score (nSPS) is 14.2. The molecule has 0 fully saturated rings. The highest BCUT2D eigenvalue weighted by atomic mass is 35.5. The van der Waals surface area contributed by atoms with Crippen LogP contribution in [0.5, 0.6) is 0 Å². The van der Waals surface area contributed by atoms with E-state index in [9.17, 15) is 9.59 Å². The smallest absolute Gasteiger partial charge is 0.411 e. The molecule has 1 unspecified atom stereocenters. The lowest BCUT2D eigenvalue weighted by Crippen LogP contribution is -2.48. The Bertz CT molecular complexity index is 537. The summed E-state index contributed by atoms with van der Waals surface area (Å²) < 4.78 is 5.28. The number of pyridine rings is 1. The zero-order chi connectivity index (χ0) is 16.4. The minimum atomic E-state index is -1.36. The molecule has 1 atom stereocenters. The van der Waals surface area contributed by atoms with Gasteiger partial charge in [0.25, 0.3) is 0 Å². The van der Waals surface area contributed by atoms with Crippen LogP contribution in [0.25, 0.3) is 0 Å². The lowest BCUT2D eigenvalue weighted by Gasteiger charge is -2.36. The number of nitrogens with zero attached hydrogens (tertiary/aromatic N) is 2. The van der Waals surface area contributed by atoms with Crippen molar-refractivity contribution in [2.75, 3.05) is 7.05 Å². The molecule has 116 valence electrons. The first-order valence-electron chi connectivity index (χ1n) is 6.25. The third-order valence-electron chi connectivity index (χ3n) is 2.95. The molecule has 1 amide bonds. The lowest BCUT2D eigenvalue weighted by atomic mass is 9.93. The van der Waals surface area contributed by atoms with E-state index in [0.717, 1.165) is 0 Å². The third kappa shape index (κ3) is 3.86. The van der Waals surface area contributed by atoms with Gasteiger partial charge in [-0.2, -0.15) is 0 Å². The minimum Gasteiger partial charge on any atom is -0.444 e. The van der Waals surface area contributed by atoms with E-state index in [0.29, 0.717) is 11.8 Å². The van der Waals surface area contributed by atoms with Gasteiger partial charge >= 0.3 is 6.09 Å². The van der Waals surface area contributed by atoms with Gasteiger partial charge in [0.1, 0.15) is 17.4 Å². The second-order valence-corrected chi connectivity index (χ2v) is 6.60. The minimum absolute atomic E-state index is 0.201. The van der Waals surface area contributed by atoms with Gasteiger partial charge in [-0.15, -0.1) is 0 Å². The average Bonchev–Trinajstić information content (AvgIpc) is 2.35. The van der Waals surface area contributed by atoms with Gasteiger partial charge in [-0.3, -0.25) is 9.88 Å². The molecular weight excluding hydrogens is 315 g/mol. The molecule has 0 bridgehead atoms. The Morgan fingerprint density at radius 3 is 2.10 bits per heavy atom. The molecular formula is C14H18Cl2N2O3. The Morgan fingerprint density at radius 1 is 1.24 bits per heavy atom. The van der Waals surface area contributed by atoms with Crippen LogP contribution in [0.3, 0.4) is 0 Å². The zero-order valence-electron chi connectivity index (χ0n) is 12.6. The van der Waals surface area contributed by atoms with Crippen LogP contribution in [-0.4, -0.2) is 34.9 Å². The Balaban J connectivity index is 3.27. The van der Waals surface area contributed by atoms with Crippen LogP contribution in [-0.2, 0) is 15.1 Å². The summed E-state index contributed by atoms with van der Waals surface area (Å²) in [5, 5.41) is 0.403. The number of likely N-dealkylation sites (N-methyl/N-ethyl adjacent to an activating group) is 1. The van der Waals surface area contributed by atoms with E-state index in [1.54, 1.807) is 20.8 Å². The molecule has 1 aromatic heterocycles. The molecule has 1 rings (SSSR count). The van der Waals surface area contributed by atoms with Gasteiger partial charge < -0.3 is 9.53 Å². The van der Waals surface area contributed by atoms with Crippen LogP contribution in [0, 0.1) is 0 Å². The van der Waals surface area contributed by atoms with Crippen LogP contribution < -0.4 is 0 Å². The first-order valence-corrected chi connectivity index (χ1v) is 7.01. The molecule has 0 aliphatic heterocycles. The maximum absolute atomic E-state index is 12.2. The predicted molar refractivity (Wildman–Crippen MR) is 81.7 cm³/mol. The quantitative estimate of drug-likeness (QED) is 0.792. The molecule has 0 saturated carbocycles. The number of halogens is 2. The second kappa shape index (κ2) is 6.20. The van der Waals surface area contributed by atoms with E-state index >= 15 is 0 Å². The standard InChI is InChI=1S/C14H18Cl2N2O3/c1-13(2,3)21-12(20)18(5)14(4,8-19)11-9(15)6-17-7-10(11)16/h6-8H,1-5H3. The number of carbonyl (C=O) groups is 2. The Labute approximate surface area is 134 Å². The highest BCUT2D eigenvalue weighted by Crippen LogP contribution is 2.36. The van der Waals surface area contributed by atoms with E-state index in [1.807, 2.05) is 0 Å². The highest BCUT2D eigenvalue weighted by Gasteiger charge is 2.39. The molecule has 7 heteroatoms. The molecule has 0 aliphatic rings. The summed E-state index contributed by atoms with van der Waals surface area (Å²) in [5.74, 6) is 0. The summed E-state index contributed by atoms with van der Waals surface area (Å²) in [5.41, 5.74) is -1.73. The van der Waals surface area contributed by atoms with Gasteiger partial charge in [-0.25, -0.2) is 4.79 Å². The van der Waals surface area contributed by atoms with Crippen molar-refractivity contribution in [2.24, 2.45) is 0 Å². The van der Waals surface area contributed by atoms with Crippen molar-refractivity contribution in [3.05, 3.63) is 28.0 Å². The van der Waals surface area contributed by atoms with Crippen LogP contribution in [0.4, 0.5) is 4.79 Å². The van der Waals surface area contributed by atoms with Gasteiger partial charge in [-0.1, -0.05) is 23.2 Å². The topological polar surface area (TPSA) is 59.5 Å². The lowest BCUT2D eigenvalue weighted by molar-refractivity contribution is -0.117. The molecule has 21 heavy (non-hydrogen) atoms. The fraction of sp³-hybridized carbons (Fsp3) is 0.500. The number of amides is 1. The van der Waals surface area contributed by atoms with E-state index in [-0.39, 0.29) is 10.0 Å². The van der Waals surface area contributed by atoms with Crippen molar-refractivity contribution in [1.29, 1.82) is 0 Å². The van der Waals surface area contributed by atoms with Crippen LogP contribution >= 0.6 is 23.2 Å². The van der Waals surface area contributed by atoms with Crippen molar-refractivity contribution >= 4 is 35.6 Å². The maximum atomic E-state index is 12.2. The van der Waals surface area contributed by atoms with Crippen molar-refractivity contribution < 1.29 is 14.3 Å². The van der Waals surface area contributed by atoms with E-state index in [1.165, 1.54) is 31.3 Å². The van der Waals surface area contributed by atoms with Crippen LogP contribution in [0.15, 0.2) is 12.4 Å². The zero-order valence-corrected chi connectivity index (χ0v) is 14.1. The summed E-state index contributed by atoms with van der Waals surface area (Å²) in [6.07, 6.45) is 2.69. The number of ether oxygens (including phenoxy) is 1. The average molecular weight is 333 g/mol. The number of aromatic nitrogens is 1. The van der Waals surface area contributed by atoms with Crippen molar-refractivity contribution in [3.63, 3.8) is 0 Å². The summed E-state index contributed by atoms with van der Waals surface area (Å²) in [6.45, 7) is 6.76. The number of hydrogen-bond donors (Lipinski definition) is 0. The maximum Gasteiger partial charge on any atom is 0.411 e. The second-order valence-electron chi connectivity index (χ2n) is 5.78. The number of carbonyl (C=O) groups excluding carboxylic acids is 2. The van der Waals surface area contributed by atoms with Crippen molar-refractivity contribution in [3.8, 4) is 0 Å². The van der Waals surface area contributed by atoms with Gasteiger partial charge in [0.2, 0.25) is 0 Å². The van der Waals surface area contributed by atoms with Crippen molar-refractivity contribution in [2.45, 2.75) is 38.8 Å². The SMILES string of the molecule is CN(C(=O)OC(C)(C)C)C(C)(C=O)c1c(Cl)cncc1Cl. The molecule has 0 spiro atoms. The fourth-order valence-corrected chi connectivity index (χ4v) is 2.47. The number of aldehydes is 1. The van der Waals surface area contributed by atoms with Gasteiger partial charge in [0.15, 0.2) is 0 Å². The first kappa shape index (κ1) is 17.7. The summed E-state index contributed by atoms with van der Waals surface area (Å²) in [7, 11) is 1.45. The number of hydrogen-bond acceptors (Lipinski definition) is 4. The van der Waals surface area contributed by atoms with E-state index < -0.39 is 17.2 Å². The largest absolute Gasteiger partial charge is 0.444 e. The van der Waals surface area contributed by atoms with Gasteiger partial charge in [0, 0.05) is 25.0 Å². The Morgan fingerprint density at radius 2 is 1.71 bits per heavy atom. The van der Waals surface area contributed by atoms with E-state index in [2.05, 4.69) is 4.98 Å². The van der Waals surface area contributed by atoms with Crippen LogP contribution in [0.2, 0.25) is 10.0 Å². The first-order chi connectivity index (χ1) is 9.53. The Kier molecular flexibility index (Phi) is 5.23.